The molecule has 21 heavy (non-hydrogen) atoms. The summed E-state index contributed by atoms with van der Waals surface area (Å²) in [5, 5.41) is 8.69. The average molecular weight is 309 g/mol. The van der Waals surface area contributed by atoms with Crippen molar-refractivity contribution in [3.05, 3.63) is 29.8 Å². The summed E-state index contributed by atoms with van der Waals surface area (Å²) < 4.78 is 32.6. The first-order valence-corrected chi connectivity index (χ1v) is 8.40. The number of aliphatic hydroxyl groups excluding tert-OH is 1. The van der Waals surface area contributed by atoms with Crippen molar-refractivity contribution in [2.75, 3.05) is 19.8 Å². The Labute approximate surface area is 125 Å². The van der Waals surface area contributed by atoms with Gasteiger partial charge in [-0.3, -0.25) is 0 Å². The first kappa shape index (κ1) is 16.0. The van der Waals surface area contributed by atoms with Gasteiger partial charge < -0.3 is 9.84 Å². The van der Waals surface area contributed by atoms with Crippen LogP contribution >= 0.6 is 0 Å². The molecule has 0 unspecified atom stereocenters. The summed E-state index contributed by atoms with van der Waals surface area (Å²) >= 11 is 0. The quantitative estimate of drug-likeness (QED) is 0.810. The van der Waals surface area contributed by atoms with Gasteiger partial charge in [-0.25, -0.2) is 13.1 Å². The van der Waals surface area contributed by atoms with Crippen LogP contribution in [0.3, 0.4) is 0 Å². The van der Waals surface area contributed by atoms with Crippen LogP contribution in [0.1, 0.15) is 24.8 Å². The van der Waals surface area contributed by atoms with Gasteiger partial charge in [0.25, 0.3) is 0 Å². The lowest BCUT2D eigenvalue weighted by molar-refractivity contribution is 0.0832. The SMILES string of the molecule is O=S(=O)(NC1CCOCC1)c1cccc(C#CCCO)c1. The Morgan fingerprint density at radius 2 is 2.10 bits per heavy atom. The second-order valence-corrected chi connectivity index (χ2v) is 6.53. The standard InChI is InChI=1S/C15H19NO4S/c17-9-2-1-4-13-5-3-6-15(12-13)21(18,19)16-14-7-10-20-11-8-14/h3,5-6,12,14,16-17H,2,7-11H2. The second-order valence-electron chi connectivity index (χ2n) is 4.81. The van der Waals surface area contributed by atoms with Gasteiger partial charge in [0.2, 0.25) is 10.0 Å². The highest BCUT2D eigenvalue weighted by molar-refractivity contribution is 7.89. The zero-order chi connectivity index (χ0) is 15.1. The largest absolute Gasteiger partial charge is 0.395 e. The summed E-state index contributed by atoms with van der Waals surface area (Å²) in [7, 11) is -3.54. The third kappa shape index (κ3) is 4.83. The lowest BCUT2D eigenvalue weighted by atomic mass is 10.1. The molecule has 0 bridgehead atoms. The van der Waals surface area contributed by atoms with Crippen LogP contribution in [0.4, 0.5) is 0 Å². The Hall–Kier alpha value is -1.39. The zero-order valence-electron chi connectivity index (χ0n) is 11.7. The van der Waals surface area contributed by atoms with E-state index >= 15 is 0 Å². The van der Waals surface area contributed by atoms with Gasteiger partial charge in [-0.2, -0.15) is 0 Å². The van der Waals surface area contributed by atoms with Crippen molar-refractivity contribution in [3.8, 4) is 11.8 Å². The molecule has 1 heterocycles. The van der Waals surface area contributed by atoms with E-state index in [1.165, 1.54) is 0 Å². The average Bonchev–Trinajstić information content (AvgIpc) is 2.48. The van der Waals surface area contributed by atoms with Crippen LogP contribution in [-0.4, -0.2) is 39.4 Å². The van der Waals surface area contributed by atoms with Crippen LogP contribution in [0.15, 0.2) is 29.2 Å². The Kier molecular flexibility index (Phi) is 5.76. The van der Waals surface area contributed by atoms with E-state index < -0.39 is 10.0 Å². The molecule has 1 aromatic carbocycles. The number of hydrogen-bond acceptors (Lipinski definition) is 4. The first-order chi connectivity index (χ1) is 10.1. The van der Waals surface area contributed by atoms with Crippen molar-refractivity contribution < 1.29 is 18.3 Å². The third-order valence-corrected chi connectivity index (χ3v) is 4.68. The van der Waals surface area contributed by atoms with Gasteiger partial charge in [-0.05, 0) is 31.0 Å². The predicted octanol–water partition coefficient (Wildman–Crippen LogP) is 0.878. The second kappa shape index (κ2) is 7.57. The maximum absolute atomic E-state index is 12.3. The van der Waals surface area contributed by atoms with Gasteiger partial charge >= 0.3 is 0 Å². The summed E-state index contributed by atoms with van der Waals surface area (Å²) in [4.78, 5) is 0.213. The summed E-state index contributed by atoms with van der Waals surface area (Å²) in [5.41, 5.74) is 0.623. The minimum absolute atomic E-state index is 0.00367. The highest BCUT2D eigenvalue weighted by Crippen LogP contribution is 2.14. The van der Waals surface area contributed by atoms with Crippen LogP contribution in [0.25, 0.3) is 0 Å². The van der Waals surface area contributed by atoms with E-state index in [2.05, 4.69) is 16.6 Å². The van der Waals surface area contributed by atoms with Gasteiger partial charge in [0.15, 0.2) is 0 Å². The molecule has 0 amide bonds. The van der Waals surface area contributed by atoms with Crippen LogP contribution in [0.5, 0.6) is 0 Å². The molecule has 114 valence electrons. The van der Waals surface area contributed by atoms with E-state index in [1.807, 2.05) is 0 Å². The molecule has 6 heteroatoms. The van der Waals surface area contributed by atoms with Crippen LogP contribution in [-0.2, 0) is 14.8 Å². The van der Waals surface area contributed by atoms with Crippen molar-refractivity contribution in [2.24, 2.45) is 0 Å². The maximum atomic E-state index is 12.3. The minimum atomic E-state index is -3.54. The van der Waals surface area contributed by atoms with Gasteiger partial charge in [-0.1, -0.05) is 17.9 Å². The summed E-state index contributed by atoms with van der Waals surface area (Å²) in [6, 6.07) is 6.44. The molecule has 0 aliphatic carbocycles. The van der Waals surface area contributed by atoms with E-state index in [0.29, 0.717) is 38.0 Å². The van der Waals surface area contributed by atoms with Crippen LogP contribution in [0, 0.1) is 11.8 Å². The van der Waals surface area contributed by atoms with Crippen molar-refractivity contribution in [2.45, 2.75) is 30.2 Å². The maximum Gasteiger partial charge on any atom is 0.240 e. The van der Waals surface area contributed by atoms with Gasteiger partial charge in [0.05, 0.1) is 11.5 Å². The zero-order valence-corrected chi connectivity index (χ0v) is 12.5. The molecule has 0 saturated carbocycles. The number of hydrogen-bond donors (Lipinski definition) is 2. The molecule has 5 nitrogen and oxygen atoms in total. The first-order valence-electron chi connectivity index (χ1n) is 6.92. The van der Waals surface area contributed by atoms with Crippen LogP contribution in [0.2, 0.25) is 0 Å². The lowest BCUT2D eigenvalue weighted by Gasteiger charge is -2.22. The number of benzene rings is 1. The van der Waals surface area contributed by atoms with Crippen LogP contribution < -0.4 is 4.72 Å². The molecular formula is C15H19NO4S. The number of ether oxygens (including phenoxy) is 1. The van der Waals surface area contributed by atoms with E-state index in [1.54, 1.807) is 24.3 Å². The van der Waals surface area contributed by atoms with Gasteiger partial charge in [-0.15, -0.1) is 0 Å². The Balaban J connectivity index is 2.12. The Bertz CT molecular complexity index is 625. The predicted molar refractivity (Wildman–Crippen MR) is 79.2 cm³/mol. The monoisotopic (exact) mass is 309 g/mol. The summed E-state index contributed by atoms with van der Waals surface area (Å²) in [6.07, 6.45) is 1.75. The lowest BCUT2D eigenvalue weighted by Crippen LogP contribution is -2.38. The number of aliphatic hydroxyl groups is 1. The van der Waals surface area contributed by atoms with E-state index in [9.17, 15) is 8.42 Å². The fourth-order valence-electron chi connectivity index (χ4n) is 2.06. The van der Waals surface area contributed by atoms with E-state index in [4.69, 9.17) is 9.84 Å². The Morgan fingerprint density at radius 1 is 1.33 bits per heavy atom. The van der Waals surface area contributed by atoms with Crippen molar-refractivity contribution in [3.63, 3.8) is 0 Å². The molecule has 1 fully saturated rings. The molecule has 0 radical (unpaired) electrons. The topological polar surface area (TPSA) is 75.6 Å². The Morgan fingerprint density at radius 3 is 2.81 bits per heavy atom. The number of nitrogens with one attached hydrogen (secondary N) is 1. The molecule has 2 rings (SSSR count). The van der Waals surface area contributed by atoms with Crippen molar-refractivity contribution >= 4 is 10.0 Å². The smallest absolute Gasteiger partial charge is 0.240 e. The molecular weight excluding hydrogens is 290 g/mol. The van der Waals surface area contributed by atoms with Crippen molar-refractivity contribution in [1.29, 1.82) is 0 Å². The van der Waals surface area contributed by atoms with E-state index in [0.717, 1.165) is 0 Å². The fourth-order valence-corrected chi connectivity index (χ4v) is 3.41. The van der Waals surface area contributed by atoms with Gasteiger partial charge in [0, 0.05) is 31.2 Å². The fraction of sp³-hybridized carbons (Fsp3) is 0.467. The molecule has 0 atom stereocenters. The molecule has 1 aliphatic rings. The van der Waals surface area contributed by atoms with Crippen molar-refractivity contribution in [1.82, 2.24) is 4.72 Å². The molecule has 1 aliphatic heterocycles. The molecule has 1 saturated heterocycles. The number of rotatable bonds is 4. The highest BCUT2D eigenvalue weighted by atomic mass is 32.2. The molecule has 0 aromatic heterocycles. The summed E-state index contributed by atoms with van der Waals surface area (Å²) in [5.74, 6) is 5.62. The molecule has 1 aromatic rings. The molecule has 0 spiro atoms. The van der Waals surface area contributed by atoms with Gasteiger partial charge in [0.1, 0.15) is 0 Å². The minimum Gasteiger partial charge on any atom is -0.395 e. The third-order valence-electron chi connectivity index (χ3n) is 3.16. The highest BCUT2D eigenvalue weighted by Gasteiger charge is 2.22. The normalized spacial score (nSPS) is 16.2. The number of sulfonamides is 1. The van der Waals surface area contributed by atoms with E-state index in [-0.39, 0.29) is 17.5 Å². The molecule has 2 N–H and O–H groups in total. The summed E-state index contributed by atoms with van der Waals surface area (Å²) in [6.45, 7) is 1.16.